The predicted molar refractivity (Wildman–Crippen MR) is 120 cm³/mol. The second-order valence-corrected chi connectivity index (χ2v) is 8.92. The first kappa shape index (κ1) is 19.4. The number of nitrogens with zero attached hydrogens (tertiary/aromatic N) is 2. The standard InChI is InChI=1S/C26H31N3O/c30-26-27-24-14-8-7-13-23(24)25(21-11-5-2-6-12-21)29(26)22-15-17-28(18-16-22)19-20-9-3-1-4-10-20/h1-12,22-25H,13-19H2,(H,27,30)/t23-,24?,25-/m1/s1. The number of allylic oxidation sites excluding steroid dienone is 1. The van der Waals surface area contributed by atoms with Gasteiger partial charge in [-0.2, -0.15) is 0 Å². The first-order chi connectivity index (χ1) is 14.8. The summed E-state index contributed by atoms with van der Waals surface area (Å²) in [5, 5.41) is 3.34. The van der Waals surface area contributed by atoms with Gasteiger partial charge < -0.3 is 10.2 Å². The van der Waals surface area contributed by atoms with E-state index in [0.29, 0.717) is 12.0 Å². The van der Waals surface area contributed by atoms with E-state index < -0.39 is 0 Å². The molecular formula is C26H31N3O. The highest BCUT2D eigenvalue weighted by molar-refractivity contribution is 5.77. The number of likely N-dealkylation sites (tertiary alicyclic amines) is 1. The molecule has 3 atom stereocenters. The van der Waals surface area contributed by atoms with Crippen molar-refractivity contribution in [1.82, 2.24) is 15.1 Å². The van der Waals surface area contributed by atoms with Crippen molar-refractivity contribution in [1.29, 1.82) is 0 Å². The summed E-state index contributed by atoms with van der Waals surface area (Å²) in [5.41, 5.74) is 2.65. The van der Waals surface area contributed by atoms with Gasteiger partial charge in [-0.05, 0) is 36.8 Å². The maximum Gasteiger partial charge on any atom is 0.318 e. The van der Waals surface area contributed by atoms with E-state index in [4.69, 9.17) is 0 Å². The average Bonchev–Trinajstić information content (AvgIpc) is 2.80. The van der Waals surface area contributed by atoms with E-state index in [1.54, 1.807) is 0 Å². The van der Waals surface area contributed by atoms with Crippen molar-refractivity contribution in [3.8, 4) is 0 Å². The molecule has 2 aromatic carbocycles. The number of urea groups is 1. The first-order valence-corrected chi connectivity index (χ1v) is 11.3. The molecule has 2 fully saturated rings. The van der Waals surface area contributed by atoms with Crippen LogP contribution >= 0.6 is 0 Å². The monoisotopic (exact) mass is 401 g/mol. The average molecular weight is 402 g/mol. The number of piperidine rings is 1. The quantitative estimate of drug-likeness (QED) is 0.751. The van der Waals surface area contributed by atoms with Crippen LogP contribution in [0.1, 0.15) is 42.9 Å². The lowest BCUT2D eigenvalue weighted by Crippen LogP contribution is -2.62. The minimum atomic E-state index is 0.127. The zero-order chi connectivity index (χ0) is 20.3. The van der Waals surface area contributed by atoms with Crippen molar-refractivity contribution in [3.63, 3.8) is 0 Å². The van der Waals surface area contributed by atoms with E-state index in [1.807, 2.05) is 0 Å². The van der Waals surface area contributed by atoms with Crippen LogP contribution in [0.4, 0.5) is 4.79 Å². The van der Waals surface area contributed by atoms with Crippen LogP contribution in [-0.4, -0.2) is 41.0 Å². The van der Waals surface area contributed by atoms with Crippen LogP contribution in [0.25, 0.3) is 0 Å². The molecule has 156 valence electrons. The Hall–Kier alpha value is -2.59. The largest absolute Gasteiger partial charge is 0.335 e. The molecule has 1 unspecified atom stereocenters. The summed E-state index contributed by atoms with van der Waals surface area (Å²) in [6, 6.07) is 22.2. The second-order valence-electron chi connectivity index (χ2n) is 8.92. The Morgan fingerprint density at radius 2 is 1.53 bits per heavy atom. The van der Waals surface area contributed by atoms with Crippen molar-refractivity contribution in [2.24, 2.45) is 5.92 Å². The summed E-state index contributed by atoms with van der Waals surface area (Å²) in [5.74, 6) is 0.442. The summed E-state index contributed by atoms with van der Waals surface area (Å²) in [4.78, 5) is 18.0. The van der Waals surface area contributed by atoms with E-state index in [1.165, 1.54) is 11.1 Å². The molecule has 4 heteroatoms. The fourth-order valence-corrected chi connectivity index (χ4v) is 5.56. The Balaban J connectivity index is 1.34. The van der Waals surface area contributed by atoms with Gasteiger partial charge in [0.1, 0.15) is 0 Å². The molecule has 0 spiro atoms. The topological polar surface area (TPSA) is 35.6 Å². The Kier molecular flexibility index (Phi) is 5.58. The van der Waals surface area contributed by atoms with Crippen LogP contribution in [-0.2, 0) is 6.54 Å². The molecule has 0 aromatic heterocycles. The molecule has 1 aliphatic carbocycles. The Morgan fingerprint density at radius 1 is 0.867 bits per heavy atom. The van der Waals surface area contributed by atoms with Crippen molar-refractivity contribution in [2.45, 2.75) is 50.4 Å². The Morgan fingerprint density at radius 3 is 2.27 bits per heavy atom. The fourth-order valence-electron chi connectivity index (χ4n) is 5.56. The molecule has 5 rings (SSSR count). The van der Waals surface area contributed by atoms with E-state index in [9.17, 15) is 4.79 Å². The summed E-state index contributed by atoms with van der Waals surface area (Å²) in [6.07, 6.45) is 8.58. The molecule has 2 aliphatic heterocycles. The number of carbonyl (C=O) groups excluding carboxylic acids is 1. The van der Waals surface area contributed by atoms with Crippen molar-refractivity contribution in [3.05, 3.63) is 83.9 Å². The van der Waals surface area contributed by atoms with Crippen LogP contribution < -0.4 is 5.32 Å². The first-order valence-electron chi connectivity index (χ1n) is 11.3. The van der Waals surface area contributed by atoms with Crippen LogP contribution in [0.2, 0.25) is 0 Å². The lowest BCUT2D eigenvalue weighted by Gasteiger charge is -2.51. The van der Waals surface area contributed by atoms with Crippen molar-refractivity contribution in [2.75, 3.05) is 13.1 Å². The number of nitrogens with one attached hydrogen (secondary N) is 1. The number of hydrogen-bond acceptors (Lipinski definition) is 2. The third-order valence-electron chi connectivity index (χ3n) is 7.07. The van der Waals surface area contributed by atoms with Gasteiger partial charge in [0.05, 0.1) is 6.04 Å². The molecule has 1 N–H and O–H groups in total. The van der Waals surface area contributed by atoms with Crippen LogP contribution in [0.5, 0.6) is 0 Å². The third kappa shape index (κ3) is 3.89. The van der Waals surface area contributed by atoms with Gasteiger partial charge in [0.25, 0.3) is 0 Å². The molecule has 2 saturated heterocycles. The molecule has 4 nitrogen and oxygen atoms in total. The zero-order valence-electron chi connectivity index (χ0n) is 17.5. The van der Waals surface area contributed by atoms with Crippen molar-refractivity contribution >= 4 is 6.03 Å². The molecule has 0 radical (unpaired) electrons. The second kappa shape index (κ2) is 8.65. The molecule has 2 heterocycles. The Labute approximate surface area is 179 Å². The lowest BCUT2D eigenvalue weighted by atomic mass is 9.77. The van der Waals surface area contributed by atoms with Gasteiger partial charge >= 0.3 is 6.03 Å². The minimum absolute atomic E-state index is 0.127. The number of fused-ring (bicyclic) bond motifs is 1. The van der Waals surface area contributed by atoms with Gasteiger partial charge in [-0.25, -0.2) is 4.79 Å². The number of benzene rings is 2. The summed E-state index contributed by atoms with van der Waals surface area (Å²) >= 11 is 0. The lowest BCUT2D eigenvalue weighted by molar-refractivity contribution is 0.0383. The van der Waals surface area contributed by atoms with Gasteiger partial charge in [-0.15, -0.1) is 0 Å². The van der Waals surface area contributed by atoms with E-state index in [2.05, 4.69) is 87.9 Å². The number of carbonyl (C=O) groups is 1. The molecule has 0 saturated carbocycles. The highest BCUT2D eigenvalue weighted by Crippen LogP contribution is 2.42. The SMILES string of the molecule is O=C1NC2CC=CC[C@H]2[C@@H](c2ccccc2)N1C1CCN(Cc2ccccc2)CC1. The van der Waals surface area contributed by atoms with Crippen LogP contribution in [0.3, 0.4) is 0 Å². The molecule has 3 aliphatic rings. The van der Waals surface area contributed by atoms with E-state index in [-0.39, 0.29) is 18.1 Å². The predicted octanol–water partition coefficient (Wildman–Crippen LogP) is 4.75. The number of amides is 2. The van der Waals surface area contributed by atoms with Gasteiger partial charge in [0.15, 0.2) is 0 Å². The number of rotatable bonds is 4. The maximum absolute atomic E-state index is 13.3. The van der Waals surface area contributed by atoms with Crippen LogP contribution in [0, 0.1) is 5.92 Å². The van der Waals surface area contributed by atoms with Gasteiger partial charge in [-0.1, -0.05) is 72.8 Å². The van der Waals surface area contributed by atoms with Gasteiger partial charge in [0, 0.05) is 37.6 Å². The van der Waals surface area contributed by atoms with E-state index >= 15 is 0 Å². The minimum Gasteiger partial charge on any atom is -0.335 e. The highest BCUT2D eigenvalue weighted by Gasteiger charge is 2.45. The Bertz CT molecular complexity index is 874. The molecule has 2 aromatic rings. The number of hydrogen-bond donors (Lipinski definition) is 1. The van der Waals surface area contributed by atoms with Crippen LogP contribution in [0.15, 0.2) is 72.8 Å². The summed E-state index contributed by atoms with van der Waals surface area (Å²) < 4.78 is 0. The van der Waals surface area contributed by atoms with Crippen molar-refractivity contribution < 1.29 is 4.79 Å². The molecular weight excluding hydrogens is 370 g/mol. The summed E-state index contributed by atoms with van der Waals surface area (Å²) in [7, 11) is 0. The van der Waals surface area contributed by atoms with Gasteiger partial charge in [-0.3, -0.25) is 4.90 Å². The third-order valence-corrected chi connectivity index (χ3v) is 7.07. The van der Waals surface area contributed by atoms with Gasteiger partial charge in [0.2, 0.25) is 0 Å². The molecule has 0 bridgehead atoms. The highest BCUT2D eigenvalue weighted by atomic mass is 16.2. The molecule has 2 amide bonds. The zero-order valence-corrected chi connectivity index (χ0v) is 17.5. The maximum atomic E-state index is 13.3. The summed E-state index contributed by atoms with van der Waals surface area (Å²) in [6.45, 7) is 3.08. The normalized spacial score (nSPS) is 27.5. The molecule has 30 heavy (non-hydrogen) atoms. The smallest absolute Gasteiger partial charge is 0.318 e. The fraction of sp³-hybridized carbons (Fsp3) is 0.423. The van der Waals surface area contributed by atoms with E-state index in [0.717, 1.165) is 45.3 Å².